The molecule has 2 aromatic rings. The lowest BCUT2D eigenvalue weighted by Gasteiger charge is -2.07. The van der Waals surface area contributed by atoms with E-state index in [2.05, 4.69) is 5.10 Å². The maximum atomic E-state index is 13.2. The first-order chi connectivity index (χ1) is 10.7. The van der Waals surface area contributed by atoms with Crippen LogP contribution in [0.15, 0.2) is 18.5 Å². The quantitative estimate of drug-likeness (QED) is 0.664. The van der Waals surface area contributed by atoms with Crippen LogP contribution in [-0.2, 0) is 18.0 Å². The summed E-state index contributed by atoms with van der Waals surface area (Å²) in [6.07, 6.45) is -1.26. The summed E-state index contributed by atoms with van der Waals surface area (Å²) in [6, 6.07) is 1.10. The fourth-order valence-corrected chi connectivity index (χ4v) is 4.30. The zero-order valence-corrected chi connectivity index (χ0v) is 13.1. The van der Waals surface area contributed by atoms with Gasteiger partial charge in [0.15, 0.2) is 0 Å². The highest BCUT2D eigenvalue weighted by atomic mass is 32.1. The van der Waals surface area contributed by atoms with Gasteiger partial charge in [0.2, 0.25) is 5.91 Å². The number of nitrogens with zero attached hydrogens (tertiary/aromatic N) is 2. The van der Waals surface area contributed by atoms with E-state index in [4.69, 9.17) is 5.21 Å². The van der Waals surface area contributed by atoms with E-state index in [1.54, 1.807) is 25.6 Å². The van der Waals surface area contributed by atoms with Gasteiger partial charge in [-0.2, -0.15) is 18.3 Å². The van der Waals surface area contributed by atoms with Crippen LogP contribution in [0.3, 0.4) is 0 Å². The fraction of sp³-hybridized carbons (Fsp3) is 0.429. The second-order valence-corrected chi connectivity index (χ2v) is 6.92. The van der Waals surface area contributed by atoms with Gasteiger partial charge in [0.05, 0.1) is 17.7 Å². The molecule has 23 heavy (non-hydrogen) atoms. The van der Waals surface area contributed by atoms with E-state index < -0.39 is 35.4 Å². The number of halogens is 3. The van der Waals surface area contributed by atoms with Crippen LogP contribution in [0.4, 0.5) is 13.2 Å². The molecule has 0 saturated heterocycles. The fourth-order valence-electron chi connectivity index (χ4n) is 3.07. The highest BCUT2D eigenvalue weighted by Gasteiger charge is 2.59. The number of thiophene rings is 1. The zero-order chi connectivity index (χ0) is 16.9. The third-order valence-electron chi connectivity index (χ3n) is 4.03. The van der Waals surface area contributed by atoms with E-state index in [0.29, 0.717) is 10.4 Å². The number of alkyl halides is 3. The van der Waals surface area contributed by atoms with Crippen LogP contribution < -0.4 is 5.48 Å². The zero-order valence-electron chi connectivity index (χ0n) is 12.3. The van der Waals surface area contributed by atoms with Crippen molar-refractivity contribution >= 4 is 17.2 Å². The third-order valence-corrected chi connectivity index (χ3v) is 5.19. The van der Waals surface area contributed by atoms with Gasteiger partial charge in [-0.05, 0) is 18.6 Å². The maximum absolute atomic E-state index is 13.2. The molecule has 0 unspecified atom stereocenters. The summed E-state index contributed by atoms with van der Waals surface area (Å²) in [6.45, 7) is 1.60. The Labute approximate surface area is 133 Å². The SMILES string of the molecule is Cc1cc(C(F)(F)F)c([C@H]2[C@@H](C(=O)NO)[C@@H]2c2cnn(C)c2)s1. The van der Waals surface area contributed by atoms with Gasteiger partial charge in [0.1, 0.15) is 0 Å². The summed E-state index contributed by atoms with van der Waals surface area (Å²) in [5, 5.41) is 12.9. The summed E-state index contributed by atoms with van der Waals surface area (Å²) in [5.74, 6) is -2.44. The van der Waals surface area contributed by atoms with Crippen LogP contribution in [0, 0.1) is 12.8 Å². The summed E-state index contributed by atoms with van der Waals surface area (Å²) >= 11 is 1.04. The van der Waals surface area contributed by atoms with E-state index in [1.807, 2.05) is 0 Å². The number of hydrogen-bond acceptors (Lipinski definition) is 4. The molecule has 0 aliphatic heterocycles. The van der Waals surface area contributed by atoms with Crippen molar-refractivity contribution in [3.05, 3.63) is 39.3 Å². The molecule has 124 valence electrons. The van der Waals surface area contributed by atoms with Crippen molar-refractivity contribution in [1.29, 1.82) is 0 Å². The minimum atomic E-state index is -4.47. The Morgan fingerprint density at radius 3 is 2.65 bits per heavy atom. The molecule has 3 rings (SSSR count). The van der Waals surface area contributed by atoms with Crippen molar-refractivity contribution in [2.24, 2.45) is 13.0 Å². The van der Waals surface area contributed by atoms with Crippen LogP contribution >= 0.6 is 11.3 Å². The van der Waals surface area contributed by atoms with Gasteiger partial charge in [0, 0.05) is 34.8 Å². The predicted octanol–water partition coefficient (Wildman–Crippen LogP) is 2.81. The number of carbonyl (C=O) groups is 1. The average molecular weight is 345 g/mol. The number of nitrogens with one attached hydrogen (secondary N) is 1. The summed E-state index contributed by atoms with van der Waals surface area (Å²) in [5.41, 5.74) is 1.54. The van der Waals surface area contributed by atoms with Gasteiger partial charge in [-0.15, -0.1) is 11.3 Å². The number of aromatic nitrogens is 2. The number of amides is 1. The molecule has 0 aromatic carbocycles. The lowest BCUT2D eigenvalue weighted by Crippen LogP contribution is -2.21. The minimum absolute atomic E-state index is 0.137. The Balaban J connectivity index is 2.02. The van der Waals surface area contributed by atoms with Gasteiger partial charge in [-0.25, -0.2) is 5.48 Å². The van der Waals surface area contributed by atoms with E-state index in [-0.39, 0.29) is 4.88 Å². The van der Waals surface area contributed by atoms with E-state index >= 15 is 0 Å². The van der Waals surface area contributed by atoms with Crippen LogP contribution in [0.1, 0.15) is 32.7 Å². The molecule has 5 nitrogen and oxygen atoms in total. The molecule has 1 amide bonds. The van der Waals surface area contributed by atoms with Crippen molar-refractivity contribution in [1.82, 2.24) is 15.3 Å². The van der Waals surface area contributed by atoms with E-state index in [1.165, 1.54) is 10.9 Å². The first kappa shape index (κ1) is 16.0. The molecule has 2 N–H and O–H groups in total. The van der Waals surface area contributed by atoms with Gasteiger partial charge in [-0.1, -0.05) is 0 Å². The van der Waals surface area contributed by atoms with Gasteiger partial charge in [0.25, 0.3) is 0 Å². The Bertz CT molecular complexity index is 753. The topological polar surface area (TPSA) is 67.2 Å². The standard InChI is InChI=1S/C14H14F3N3O2S/c1-6-3-8(14(15,16)17)12(23-6)10-9(11(10)13(21)19-22)7-4-18-20(2)5-7/h3-5,9-11,22H,1-2H3,(H,19,21)/t9-,10-,11+/m1/s1. The molecule has 2 heterocycles. The normalized spacial score (nSPS) is 23.8. The lowest BCUT2D eigenvalue weighted by molar-refractivity contribution is -0.138. The van der Waals surface area contributed by atoms with Crippen molar-refractivity contribution < 1.29 is 23.2 Å². The molecule has 1 fully saturated rings. The molecule has 0 radical (unpaired) electrons. The summed E-state index contributed by atoms with van der Waals surface area (Å²) in [4.78, 5) is 12.5. The molecule has 1 aliphatic carbocycles. The Kier molecular flexibility index (Phi) is 3.72. The van der Waals surface area contributed by atoms with Gasteiger partial charge < -0.3 is 0 Å². The molecular formula is C14H14F3N3O2S. The molecule has 1 aliphatic rings. The van der Waals surface area contributed by atoms with Crippen LogP contribution in [0.2, 0.25) is 0 Å². The highest BCUT2D eigenvalue weighted by molar-refractivity contribution is 7.12. The largest absolute Gasteiger partial charge is 0.417 e. The van der Waals surface area contributed by atoms with Crippen molar-refractivity contribution in [2.45, 2.75) is 24.9 Å². The molecule has 1 saturated carbocycles. The Hall–Kier alpha value is -1.87. The molecule has 9 heteroatoms. The second kappa shape index (κ2) is 5.34. The monoisotopic (exact) mass is 345 g/mol. The van der Waals surface area contributed by atoms with Crippen molar-refractivity contribution in [2.75, 3.05) is 0 Å². The molecule has 2 aromatic heterocycles. The van der Waals surface area contributed by atoms with Gasteiger partial charge >= 0.3 is 6.18 Å². The summed E-state index contributed by atoms with van der Waals surface area (Å²) in [7, 11) is 1.69. The number of hydrogen-bond donors (Lipinski definition) is 2. The van der Waals surface area contributed by atoms with Crippen LogP contribution in [0.5, 0.6) is 0 Å². The smallest absolute Gasteiger partial charge is 0.289 e. The van der Waals surface area contributed by atoms with E-state index in [9.17, 15) is 18.0 Å². The number of aryl methyl sites for hydroxylation is 2. The maximum Gasteiger partial charge on any atom is 0.417 e. The number of hydroxylamine groups is 1. The molecule has 0 bridgehead atoms. The second-order valence-electron chi connectivity index (χ2n) is 5.63. The Morgan fingerprint density at radius 2 is 2.13 bits per heavy atom. The van der Waals surface area contributed by atoms with Crippen LogP contribution in [-0.4, -0.2) is 20.9 Å². The molecule has 3 atom stereocenters. The summed E-state index contributed by atoms with van der Waals surface area (Å²) < 4.78 is 41.2. The van der Waals surface area contributed by atoms with Crippen molar-refractivity contribution in [3.63, 3.8) is 0 Å². The van der Waals surface area contributed by atoms with Crippen molar-refractivity contribution in [3.8, 4) is 0 Å². The average Bonchev–Trinajstić information content (AvgIpc) is 2.82. The van der Waals surface area contributed by atoms with Gasteiger partial charge in [-0.3, -0.25) is 14.7 Å². The Morgan fingerprint density at radius 1 is 1.43 bits per heavy atom. The number of carbonyl (C=O) groups excluding carboxylic acids is 1. The predicted molar refractivity (Wildman–Crippen MR) is 76.2 cm³/mol. The lowest BCUT2D eigenvalue weighted by atomic mass is 10.1. The highest BCUT2D eigenvalue weighted by Crippen LogP contribution is 2.63. The number of rotatable bonds is 3. The molecular weight excluding hydrogens is 331 g/mol. The van der Waals surface area contributed by atoms with E-state index in [0.717, 1.165) is 17.4 Å². The first-order valence-electron chi connectivity index (χ1n) is 6.84. The molecule has 0 spiro atoms. The first-order valence-corrected chi connectivity index (χ1v) is 7.65. The minimum Gasteiger partial charge on any atom is -0.289 e. The van der Waals surface area contributed by atoms with Crippen LogP contribution in [0.25, 0.3) is 0 Å². The third kappa shape index (κ3) is 2.74.